The minimum absolute atomic E-state index is 0.0718. The van der Waals surface area contributed by atoms with Gasteiger partial charge >= 0.3 is 0 Å². The lowest BCUT2D eigenvalue weighted by Gasteiger charge is -2.48. The van der Waals surface area contributed by atoms with Crippen LogP contribution in [0.5, 0.6) is 0 Å². The van der Waals surface area contributed by atoms with Crippen molar-refractivity contribution >= 4 is 11.8 Å². The van der Waals surface area contributed by atoms with Gasteiger partial charge in [-0.3, -0.25) is 14.4 Å². The van der Waals surface area contributed by atoms with Crippen molar-refractivity contribution in [3.63, 3.8) is 0 Å². The molecule has 0 radical (unpaired) electrons. The van der Waals surface area contributed by atoms with Crippen LogP contribution < -0.4 is 5.56 Å². The fourth-order valence-corrected chi connectivity index (χ4v) is 4.36. The van der Waals surface area contributed by atoms with Crippen LogP contribution in [0.2, 0.25) is 0 Å². The van der Waals surface area contributed by atoms with Crippen LogP contribution in [0.4, 0.5) is 0 Å². The molecule has 2 aliphatic rings. The molecule has 0 saturated carbocycles. The van der Waals surface area contributed by atoms with Gasteiger partial charge in [0, 0.05) is 62.5 Å². The van der Waals surface area contributed by atoms with Crippen molar-refractivity contribution in [3.05, 3.63) is 46.7 Å². The van der Waals surface area contributed by atoms with E-state index in [4.69, 9.17) is 0 Å². The van der Waals surface area contributed by atoms with E-state index in [1.54, 1.807) is 17.4 Å². The Bertz CT molecular complexity index is 908. The maximum Gasteiger partial charge on any atom is 0.263 e. The number of piperidine rings is 2. The Kier molecular flexibility index (Phi) is 4.97. The number of hydrogen-bond acceptors (Lipinski definition) is 5. The summed E-state index contributed by atoms with van der Waals surface area (Å²) >= 11 is 0. The van der Waals surface area contributed by atoms with E-state index in [9.17, 15) is 14.4 Å². The summed E-state index contributed by atoms with van der Waals surface area (Å²) in [7, 11) is 0. The fraction of sp³-hybridized carbons (Fsp3) is 0.526. The molecule has 9 nitrogen and oxygen atoms in total. The van der Waals surface area contributed by atoms with Crippen LogP contribution in [-0.4, -0.2) is 67.7 Å². The van der Waals surface area contributed by atoms with Crippen molar-refractivity contribution < 1.29 is 9.59 Å². The third-order valence-electron chi connectivity index (χ3n) is 5.85. The molecule has 2 fully saturated rings. The summed E-state index contributed by atoms with van der Waals surface area (Å²) in [6.45, 7) is 2.47. The number of likely N-dealkylation sites (tertiary alicyclic amines) is 2. The zero-order valence-electron chi connectivity index (χ0n) is 15.7. The maximum atomic E-state index is 12.8. The Hall–Kier alpha value is -2.97. The van der Waals surface area contributed by atoms with Crippen molar-refractivity contribution in [2.24, 2.45) is 5.41 Å². The normalized spacial score (nSPS) is 22.6. The zero-order valence-corrected chi connectivity index (χ0v) is 15.7. The van der Waals surface area contributed by atoms with E-state index in [1.807, 2.05) is 4.90 Å². The van der Waals surface area contributed by atoms with E-state index in [1.165, 1.54) is 12.5 Å². The molecule has 0 aliphatic carbocycles. The minimum Gasteiger partial charge on any atom is -0.348 e. The van der Waals surface area contributed by atoms with Gasteiger partial charge in [0.2, 0.25) is 5.91 Å². The Balaban J connectivity index is 1.46. The third kappa shape index (κ3) is 3.69. The molecule has 2 N–H and O–H groups in total. The molecular formula is C19H24N6O3. The number of aromatic nitrogens is 4. The van der Waals surface area contributed by atoms with Crippen LogP contribution in [0, 0.1) is 5.41 Å². The fourth-order valence-electron chi connectivity index (χ4n) is 4.36. The Morgan fingerprint density at radius 1 is 1.11 bits per heavy atom. The molecule has 4 rings (SSSR count). The van der Waals surface area contributed by atoms with Gasteiger partial charge in [0.05, 0.1) is 12.7 Å². The van der Waals surface area contributed by atoms with E-state index in [0.717, 1.165) is 31.4 Å². The smallest absolute Gasteiger partial charge is 0.263 e. The number of imidazole rings is 1. The Morgan fingerprint density at radius 2 is 1.93 bits per heavy atom. The second-order valence-corrected chi connectivity index (χ2v) is 7.77. The van der Waals surface area contributed by atoms with E-state index in [0.29, 0.717) is 32.6 Å². The molecule has 1 spiro atoms. The van der Waals surface area contributed by atoms with Crippen LogP contribution in [0.15, 0.2) is 29.8 Å². The van der Waals surface area contributed by atoms with Crippen LogP contribution in [0.25, 0.3) is 0 Å². The number of rotatable bonds is 4. The average molecular weight is 384 g/mol. The van der Waals surface area contributed by atoms with Gasteiger partial charge in [-0.2, -0.15) is 0 Å². The maximum absolute atomic E-state index is 12.8. The van der Waals surface area contributed by atoms with Crippen molar-refractivity contribution in [1.82, 2.24) is 29.7 Å². The molecule has 148 valence electrons. The molecule has 2 aliphatic heterocycles. The van der Waals surface area contributed by atoms with Crippen LogP contribution in [-0.2, 0) is 11.2 Å². The van der Waals surface area contributed by atoms with Gasteiger partial charge in [-0.05, 0) is 19.3 Å². The number of nitrogens with one attached hydrogen (secondary N) is 2. The van der Waals surface area contributed by atoms with Gasteiger partial charge in [-0.25, -0.2) is 9.97 Å². The highest BCUT2D eigenvalue weighted by atomic mass is 16.2. The summed E-state index contributed by atoms with van der Waals surface area (Å²) in [5.74, 6) is -0.119. The molecule has 28 heavy (non-hydrogen) atoms. The standard InChI is InChI=1S/C19H24N6O3/c26-16-2-5-19(10-24(16)7-3-14-8-20-12-22-14)4-1-6-25(11-19)18(28)15-9-21-13-23-17(15)27/h8-9,12-13H,1-7,10-11H2,(H,20,22)(H,21,23,27)/t19-/m1/s1. The number of carbonyl (C=O) groups is 2. The lowest BCUT2D eigenvalue weighted by molar-refractivity contribution is -0.138. The highest BCUT2D eigenvalue weighted by Gasteiger charge is 2.43. The molecule has 0 bridgehead atoms. The number of amides is 2. The second-order valence-electron chi connectivity index (χ2n) is 7.77. The van der Waals surface area contributed by atoms with E-state index < -0.39 is 5.56 Å². The topological polar surface area (TPSA) is 115 Å². The Morgan fingerprint density at radius 3 is 2.71 bits per heavy atom. The molecule has 1 atom stereocenters. The zero-order chi connectivity index (χ0) is 19.6. The highest BCUT2D eigenvalue weighted by molar-refractivity contribution is 5.93. The van der Waals surface area contributed by atoms with Crippen molar-refractivity contribution in [1.29, 1.82) is 0 Å². The summed E-state index contributed by atoms with van der Waals surface area (Å²) in [4.78, 5) is 54.3. The van der Waals surface area contributed by atoms with Gasteiger partial charge in [-0.15, -0.1) is 0 Å². The number of carbonyl (C=O) groups excluding carboxylic acids is 2. The van der Waals surface area contributed by atoms with E-state index >= 15 is 0 Å². The van der Waals surface area contributed by atoms with Crippen LogP contribution in [0.3, 0.4) is 0 Å². The van der Waals surface area contributed by atoms with Gasteiger partial charge in [0.25, 0.3) is 11.5 Å². The minimum atomic E-state index is -0.417. The lowest BCUT2D eigenvalue weighted by Crippen LogP contribution is -2.55. The number of aromatic amines is 2. The second kappa shape index (κ2) is 7.57. The third-order valence-corrected chi connectivity index (χ3v) is 5.85. The van der Waals surface area contributed by atoms with Crippen molar-refractivity contribution in [3.8, 4) is 0 Å². The van der Waals surface area contributed by atoms with Gasteiger partial charge in [0.15, 0.2) is 0 Å². The predicted octanol–water partition coefficient (Wildman–Crippen LogP) is 0.581. The molecule has 2 aromatic rings. The first-order valence-electron chi connectivity index (χ1n) is 9.63. The molecule has 2 aromatic heterocycles. The SMILES string of the molecule is O=C1CC[C@]2(CCCN(C(=O)c3cnc[nH]c3=O)C2)CN1CCc1cnc[nH]1. The first-order valence-corrected chi connectivity index (χ1v) is 9.63. The molecule has 2 saturated heterocycles. The van der Waals surface area contributed by atoms with Gasteiger partial charge < -0.3 is 19.8 Å². The summed E-state index contributed by atoms with van der Waals surface area (Å²) in [6, 6.07) is 0. The number of H-pyrrole nitrogens is 2. The van der Waals surface area contributed by atoms with E-state index in [2.05, 4.69) is 19.9 Å². The monoisotopic (exact) mass is 384 g/mol. The summed E-state index contributed by atoms with van der Waals surface area (Å²) in [5.41, 5.74) is 0.552. The lowest BCUT2D eigenvalue weighted by atomic mass is 9.73. The summed E-state index contributed by atoms with van der Waals surface area (Å²) in [5, 5.41) is 0. The van der Waals surface area contributed by atoms with Gasteiger partial charge in [0.1, 0.15) is 5.56 Å². The molecule has 9 heteroatoms. The first kappa shape index (κ1) is 18.4. The van der Waals surface area contributed by atoms with Crippen molar-refractivity contribution in [2.75, 3.05) is 26.2 Å². The predicted molar refractivity (Wildman–Crippen MR) is 101 cm³/mol. The molecule has 0 unspecified atom stereocenters. The van der Waals surface area contributed by atoms with Crippen molar-refractivity contribution in [2.45, 2.75) is 32.1 Å². The Labute approximate surface area is 162 Å². The molecule has 4 heterocycles. The number of nitrogens with zero attached hydrogens (tertiary/aromatic N) is 4. The first-order chi connectivity index (χ1) is 13.6. The molecule has 2 amide bonds. The van der Waals surface area contributed by atoms with E-state index in [-0.39, 0.29) is 22.8 Å². The largest absolute Gasteiger partial charge is 0.348 e. The average Bonchev–Trinajstić information content (AvgIpc) is 3.23. The summed E-state index contributed by atoms with van der Waals surface area (Å²) < 4.78 is 0. The molecular weight excluding hydrogens is 360 g/mol. The highest BCUT2D eigenvalue weighted by Crippen LogP contribution is 2.39. The number of hydrogen-bond donors (Lipinski definition) is 2. The molecule has 0 aromatic carbocycles. The van der Waals surface area contributed by atoms with Crippen LogP contribution in [0.1, 0.15) is 41.7 Å². The quantitative estimate of drug-likeness (QED) is 0.800. The van der Waals surface area contributed by atoms with Gasteiger partial charge in [-0.1, -0.05) is 0 Å². The van der Waals surface area contributed by atoms with Crippen LogP contribution >= 0.6 is 0 Å². The summed E-state index contributed by atoms with van der Waals surface area (Å²) in [6.07, 6.45) is 9.87.